The van der Waals surface area contributed by atoms with E-state index < -0.39 is 0 Å². The van der Waals surface area contributed by atoms with Crippen molar-refractivity contribution in [2.45, 2.75) is 13.0 Å². The van der Waals surface area contributed by atoms with Crippen molar-refractivity contribution >= 4 is 22.4 Å². The lowest BCUT2D eigenvalue weighted by Gasteiger charge is -2.29. The second-order valence-electron chi connectivity index (χ2n) is 4.35. The lowest BCUT2D eigenvalue weighted by Crippen LogP contribution is -2.29. The highest BCUT2D eigenvalue weighted by Crippen LogP contribution is 2.39. The first kappa shape index (κ1) is 11.3. The molecule has 1 aliphatic rings. The first-order valence-corrected chi connectivity index (χ1v) is 6.68. The summed E-state index contributed by atoms with van der Waals surface area (Å²) < 4.78 is 9.51. The molecule has 3 rings (SSSR count). The van der Waals surface area contributed by atoms with Gasteiger partial charge in [0.25, 0.3) is 0 Å². The summed E-state index contributed by atoms with van der Waals surface area (Å²) >= 11 is 1.41. The zero-order chi connectivity index (χ0) is 12.5. The molecule has 0 atom stereocenters. The van der Waals surface area contributed by atoms with Crippen molar-refractivity contribution < 1.29 is 4.74 Å². The fourth-order valence-corrected chi connectivity index (χ4v) is 3.16. The van der Waals surface area contributed by atoms with Gasteiger partial charge in [0, 0.05) is 13.1 Å². The number of hydrogen-bond acceptors (Lipinski definition) is 5. The van der Waals surface area contributed by atoms with Gasteiger partial charge in [-0.3, -0.25) is 0 Å². The largest absolute Gasteiger partial charge is 0.490 e. The Kier molecular flexibility index (Phi) is 2.83. The van der Waals surface area contributed by atoms with Crippen LogP contribution in [0, 0.1) is 0 Å². The topological polar surface area (TPSA) is 51.4 Å². The van der Waals surface area contributed by atoms with Crippen LogP contribution in [0.4, 0.5) is 10.8 Å². The van der Waals surface area contributed by atoms with E-state index >= 15 is 0 Å². The molecule has 0 radical (unpaired) electrons. The molecule has 4 nitrogen and oxygen atoms in total. The molecule has 0 bridgehead atoms. The first-order valence-electron chi connectivity index (χ1n) is 5.90. The number of aromatic nitrogens is 1. The third kappa shape index (κ3) is 1.80. The molecule has 1 aromatic heterocycles. The Bertz CT molecular complexity index is 567. The molecule has 18 heavy (non-hydrogen) atoms. The number of nitrogen functional groups attached to an aromatic ring is 1. The van der Waals surface area contributed by atoms with Crippen molar-refractivity contribution in [3.8, 4) is 5.75 Å². The van der Waals surface area contributed by atoms with Gasteiger partial charge in [0.1, 0.15) is 0 Å². The molecule has 1 aliphatic heterocycles. The highest BCUT2D eigenvalue weighted by molar-refractivity contribution is 7.11. The van der Waals surface area contributed by atoms with Crippen molar-refractivity contribution in [3.63, 3.8) is 0 Å². The molecule has 0 fully saturated rings. The van der Waals surface area contributed by atoms with Crippen LogP contribution in [0.5, 0.6) is 5.75 Å². The van der Waals surface area contributed by atoms with Crippen molar-refractivity contribution in [1.29, 1.82) is 0 Å². The molecular formula is C13H15N3OS. The number of anilines is 2. The van der Waals surface area contributed by atoms with Crippen LogP contribution in [-0.2, 0) is 13.0 Å². The van der Waals surface area contributed by atoms with E-state index in [2.05, 4.69) is 33.5 Å². The fraction of sp³-hybridized carbons (Fsp3) is 0.308. The average Bonchev–Trinajstić information content (AvgIpc) is 2.79. The van der Waals surface area contributed by atoms with E-state index in [1.54, 1.807) is 7.11 Å². The lowest BCUT2D eigenvalue weighted by molar-refractivity contribution is 0.417. The summed E-state index contributed by atoms with van der Waals surface area (Å²) in [5, 5.41) is 1.03. The number of rotatable bonds is 2. The maximum Gasteiger partial charge on any atom is 0.197 e. The molecule has 0 spiro atoms. The number of benzene rings is 1. The summed E-state index contributed by atoms with van der Waals surface area (Å²) in [6, 6.07) is 8.56. The molecule has 0 aliphatic carbocycles. The van der Waals surface area contributed by atoms with Crippen molar-refractivity contribution in [1.82, 2.24) is 4.37 Å². The number of nitrogens with two attached hydrogens (primary N) is 1. The predicted octanol–water partition coefficient (Wildman–Crippen LogP) is 2.30. The number of hydrogen-bond donors (Lipinski definition) is 1. The van der Waals surface area contributed by atoms with E-state index in [1.807, 2.05) is 0 Å². The summed E-state index contributed by atoms with van der Waals surface area (Å²) in [5.41, 5.74) is 8.61. The lowest BCUT2D eigenvalue weighted by atomic mass is 10.0. The van der Waals surface area contributed by atoms with Crippen molar-refractivity contribution in [2.75, 3.05) is 24.3 Å². The smallest absolute Gasteiger partial charge is 0.197 e. The van der Waals surface area contributed by atoms with Gasteiger partial charge in [0.2, 0.25) is 0 Å². The van der Waals surface area contributed by atoms with Gasteiger partial charge in [-0.2, -0.15) is 4.37 Å². The third-order valence-corrected chi connectivity index (χ3v) is 4.18. The third-order valence-electron chi connectivity index (χ3n) is 3.28. The molecule has 2 heterocycles. The van der Waals surface area contributed by atoms with E-state index in [0.717, 1.165) is 24.5 Å². The van der Waals surface area contributed by atoms with Crippen LogP contribution < -0.4 is 15.4 Å². The Balaban J connectivity index is 1.92. The maximum atomic E-state index is 5.80. The normalized spacial score (nSPS) is 14.4. The van der Waals surface area contributed by atoms with Crippen molar-refractivity contribution in [3.05, 3.63) is 35.4 Å². The van der Waals surface area contributed by atoms with Crippen molar-refractivity contribution in [2.24, 2.45) is 0 Å². The first-order chi connectivity index (χ1) is 8.79. The minimum Gasteiger partial charge on any atom is -0.490 e. The maximum absolute atomic E-state index is 5.80. The Hall–Kier alpha value is -1.75. The van der Waals surface area contributed by atoms with Gasteiger partial charge >= 0.3 is 0 Å². The quantitative estimate of drug-likeness (QED) is 0.901. The van der Waals surface area contributed by atoms with Crippen LogP contribution in [0.25, 0.3) is 0 Å². The number of ether oxygens (including phenoxy) is 1. The van der Waals surface area contributed by atoms with E-state index in [9.17, 15) is 0 Å². The van der Waals surface area contributed by atoms with E-state index in [4.69, 9.17) is 10.5 Å². The van der Waals surface area contributed by atoms with E-state index in [-0.39, 0.29) is 0 Å². The van der Waals surface area contributed by atoms with Gasteiger partial charge in [-0.25, -0.2) is 0 Å². The standard InChI is InChI=1S/C13H15N3OS/c1-17-11-12(14)15-18-13(11)16-7-6-9-4-2-3-5-10(9)8-16/h2-5H,6-8H2,1H3,(H2,14,15). The zero-order valence-electron chi connectivity index (χ0n) is 10.2. The molecule has 2 N–H and O–H groups in total. The van der Waals surface area contributed by atoms with Gasteiger partial charge in [-0.15, -0.1) is 0 Å². The van der Waals surface area contributed by atoms with Crippen LogP contribution in [-0.4, -0.2) is 18.0 Å². The Labute approximate surface area is 110 Å². The summed E-state index contributed by atoms with van der Waals surface area (Å²) in [4.78, 5) is 2.29. The molecule has 5 heteroatoms. The minimum absolute atomic E-state index is 0.483. The molecule has 94 valence electrons. The molecule has 0 saturated carbocycles. The van der Waals surface area contributed by atoms with Crippen LogP contribution in [0.1, 0.15) is 11.1 Å². The van der Waals surface area contributed by atoms with Crippen LogP contribution in [0.2, 0.25) is 0 Å². The van der Waals surface area contributed by atoms with Gasteiger partial charge in [0.15, 0.2) is 16.6 Å². The van der Waals surface area contributed by atoms with Crippen LogP contribution in [0.15, 0.2) is 24.3 Å². The summed E-state index contributed by atoms with van der Waals surface area (Å²) in [7, 11) is 1.64. The Morgan fingerprint density at radius 1 is 1.33 bits per heavy atom. The Morgan fingerprint density at radius 2 is 2.11 bits per heavy atom. The molecule has 1 aromatic carbocycles. The fourth-order valence-electron chi connectivity index (χ4n) is 2.35. The second-order valence-corrected chi connectivity index (χ2v) is 5.10. The van der Waals surface area contributed by atoms with Gasteiger partial charge in [0.05, 0.1) is 7.11 Å². The van der Waals surface area contributed by atoms with Crippen LogP contribution >= 0.6 is 11.5 Å². The molecule has 0 saturated heterocycles. The number of methoxy groups -OCH3 is 1. The van der Waals surface area contributed by atoms with Crippen LogP contribution in [0.3, 0.4) is 0 Å². The average molecular weight is 261 g/mol. The highest BCUT2D eigenvalue weighted by Gasteiger charge is 2.22. The molecule has 0 unspecified atom stereocenters. The Morgan fingerprint density at radius 3 is 2.89 bits per heavy atom. The number of nitrogens with zero attached hydrogens (tertiary/aromatic N) is 2. The SMILES string of the molecule is COc1c(N)nsc1N1CCc2ccccc2C1. The number of fused-ring (bicyclic) bond motifs is 1. The second kappa shape index (κ2) is 4.49. The summed E-state index contributed by atoms with van der Waals surface area (Å²) in [6.07, 6.45) is 1.05. The molecular weight excluding hydrogens is 246 g/mol. The van der Waals surface area contributed by atoms with E-state index in [0.29, 0.717) is 11.6 Å². The highest BCUT2D eigenvalue weighted by atomic mass is 32.1. The summed E-state index contributed by atoms with van der Waals surface area (Å²) in [5.74, 6) is 1.19. The molecule has 0 amide bonds. The van der Waals surface area contributed by atoms with E-state index in [1.165, 1.54) is 22.7 Å². The predicted molar refractivity (Wildman–Crippen MR) is 74.3 cm³/mol. The minimum atomic E-state index is 0.483. The monoisotopic (exact) mass is 261 g/mol. The molecule has 2 aromatic rings. The van der Waals surface area contributed by atoms with Gasteiger partial charge in [-0.05, 0) is 29.1 Å². The van der Waals surface area contributed by atoms with Gasteiger partial charge in [-0.1, -0.05) is 24.3 Å². The van der Waals surface area contributed by atoms with Gasteiger partial charge < -0.3 is 15.4 Å². The zero-order valence-corrected chi connectivity index (χ0v) is 11.0. The summed E-state index contributed by atoms with van der Waals surface area (Å²) in [6.45, 7) is 1.88.